The zero-order chi connectivity index (χ0) is 21.0. The molecule has 5 nitrogen and oxygen atoms in total. The van der Waals surface area contributed by atoms with Crippen molar-refractivity contribution >= 4 is 5.97 Å². The van der Waals surface area contributed by atoms with Crippen LogP contribution in [-0.4, -0.2) is 48.7 Å². The fourth-order valence-electron chi connectivity index (χ4n) is 2.35. The van der Waals surface area contributed by atoms with E-state index < -0.39 is 5.97 Å². The molecule has 0 rings (SSSR count). The molecule has 0 aromatic carbocycles. The van der Waals surface area contributed by atoms with Crippen LogP contribution in [0.3, 0.4) is 0 Å². The van der Waals surface area contributed by atoms with Crippen LogP contribution in [0.1, 0.15) is 96.8 Å². The number of carbonyl (C=O) groups is 1. The number of carboxylic acid groups (broad SMARTS) is 1. The summed E-state index contributed by atoms with van der Waals surface area (Å²) < 4.78 is 4.25. The first-order chi connectivity index (χ1) is 13.1. The van der Waals surface area contributed by atoms with Gasteiger partial charge in [0.2, 0.25) is 0 Å². The second kappa shape index (κ2) is 32.7. The molecule has 0 radical (unpaired) electrons. The lowest BCUT2D eigenvalue weighted by Crippen LogP contribution is -1.93. The molecule has 0 heterocycles. The molecule has 0 aromatic rings. The van der Waals surface area contributed by atoms with E-state index in [1.807, 2.05) is 0 Å². The molecule has 0 bridgehead atoms. The Kier molecular flexibility index (Phi) is 37.3. The molecule has 27 heavy (non-hydrogen) atoms. The average Bonchev–Trinajstić information content (AvgIpc) is 2.65. The Labute approximate surface area is 167 Å². The molecule has 0 aliphatic rings. The zero-order valence-corrected chi connectivity index (χ0v) is 18.1. The highest BCUT2D eigenvalue weighted by Crippen LogP contribution is 2.09. The number of ether oxygens (including phenoxy) is 1. The SMILES string of the molecule is CCCCCCCC/C=C\CCCCCCCC(=O)O.COC.OCCO. The number of carboxylic acids is 1. The first-order valence-corrected chi connectivity index (χ1v) is 10.6. The third kappa shape index (κ3) is 45.8. The Bertz CT molecular complexity index is 278. The van der Waals surface area contributed by atoms with Gasteiger partial charge < -0.3 is 20.1 Å². The maximum absolute atomic E-state index is 10.3. The summed E-state index contributed by atoms with van der Waals surface area (Å²) in [6.07, 6.45) is 21.2. The summed E-state index contributed by atoms with van der Waals surface area (Å²) in [5.41, 5.74) is 0. The Morgan fingerprint density at radius 3 is 1.48 bits per heavy atom. The van der Waals surface area contributed by atoms with E-state index in [4.69, 9.17) is 15.3 Å². The van der Waals surface area contributed by atoms with Crippen molar-refractivity contribution in [1.82, 2.24) is 0 Å². The molecule has 164 valence electrons. The predicted octanol–water partition coefficient (Wildman–Crippen LogP) is 5.34. The first kappa shape index (κ1) is 30.8. The van der Waals surface area contributed by atoms with Crippen LogP contribution in [0.25, 0.3) is 0 Å². The van der Waals surface area contributed by atoms with E-state index in [2.05, 4.69) is 23.8 Å². The lowest BCUT2D eigenvalue weighted by molar-refractivity contribution is -0.137. The largest absolute Gasteiger partial charge is 0.481 e. The van der Waals surface area contributed by atoms with E-state index >= 15 is 0 Å². The van der Waals surface area contributed by atoms with E-state index in [1.165, 1.54) is 70.6 Å². The van der Waals surface area contributed by atoms with Gasteiger partial charge in [0.1, 0.15) is 0 Å². The van der Waals surface area contributed by atoms with Gasteiger partial charge in [-0.2, -0.15) is 0 Å². The summed E-state index contributed by atoms with van der Waals surface area (Å²) in [6, 6.07) is 0. The minimum absolute atomic E-state index is 0.125. The average molecular weight is 391 g/mol. The summed E-state index contributed by atoms with van der Waals surface area (Å²) >= 11 is 0. The predicted molar refractivity (Wildman–Crippen MR) is 114 cm³/mol. The van der Waals surface area contributed by atoms with Crippen molar-refractivity contribution in [3.8, 4) is 0 Å². The minimum atomic E-state index is -0.664. The third-order valence-electron chi connectivity index (χ3n) is 3.75. The Balaban J connectivity index is -0.000000703. The molecule has 5 heteroatoms. The van der Waals surface area contributed by atoms with Gasteiger partial charge in [0.05, 0.1) is 13.2 Å². The fourth-order valence-corrected chi connectivity index (χ4v) is 2.35. The summed E-state index contributed by atoms with van der Waals surface area (Å²) in [4.78, 5) is 10.3. The van der Waals surface area contributed by atoms with Crippen LogP contribution in [0.5, 0.6) is 0 Å². The van der Waals surface area contributed by atoms with Crippen molar-refractivity contribution < 1.29 is 24.9 Å². The van der Waals surface area contributed by atoms with Gasteiger partial charge in [0, 0.05) is 20.6 Å². The monoisotopic (exact) mass is 390 g/mol. The topological polar surface area (TPSA) is 87.0 Å². The molecule has 0 amide bonds. The van der Waals surface area contributed by atoms with Crippen molar-refractivity contribution in [2.75, 3.05) is 27.4 Å². The molecule has 0 saturated heterocycles. The van der Waals surface area contributed by atoms with Gasteiger partial charge >= 0.3 is 5.97 Å². The fraction of sp³-hybridized carbons (Fsp3) is 0.864. The van der Waals surface area contributed by atoms with E-state index in [-0.39, 0.29) is 13.2 Å². The lowest BCUT2D eigenvalue weighted by Gasteiger charge is -1.99. The summed E-state index contributed by atoms with van der Waals surface area (Å²) in [5, 5.41) is 23.8. The molecule has 0 aliphatic carbocycles. The number of allylic oxidation sites excluding steroid dienone is 2. The highest BCUT2D eigenvalue weighted by Gasteiger charge is 1.95. The third-order valence-corrected chi connectivity index (χ3v) is 3.75. The van der Waals surface area contributed by atoms with Crippen molar-refractivity contribution in [2.45, 2.75) is 96.8 Å². The van der Waals surface area contributed by atoms with Crippen molar-refractivity contribution in [3.05, 3.63) is 12.2 Å². The summed E-state index contributed by atoms with van der Waals surface area (Å²) in [6.45, 7) is 2.01. The van der Waals surface area contributed by atoms with Gasteiger partial charge in [-0.1, -0.05) is 70.4 Å². The molecule has 0 aromatic heterocycles. The number of hydrogen-bond acceptors (Lipinski definition) is 4. The van der Waals surface area contributed by atoms with E-state index in [0.29, 0.717) is 6.42 Å². The van der Waals surface area contributed by atoms with E-state index in [0.717, 1.165) is 12.8 Å². The Hall–Kier alpha value is -0.910. The zero-order valence-electron chi connectivity index (χ0n) is 18.1. The van der Waals surface area contributed by atoms with Gasteiger partial charge in [-0.3, -0.25) is 4.79 Å². The maximum Gasteiger partial charge on any atom is 0.303 e. The smallest absolute Gasteiger partial charge is 0.303 e. The van der Waals surface area contributed by atoms with E-state index in [1.54, 1.807) is 14.2 Å². The van der Waals surface area contributed by atoms with Crippen LogP contribution in [0.4, 0.5) is 0 Å². The molecule has 0 saturated carbocycles. The molecule has 0 unspecified atom stereocenters. The number of aliphatic hydroxyl groups excluding tert-OH is 2. The highest BCUT2D eigenvalue weighted by atomic mass is 16.4. The van der Waals surface area contributed by atoms with Gasteiger partial charge in [-0.15, -0.1) is 0 Å². The Morgan fingerprint density at radius 1 is 0.741 bits per heavy atom. The lowest BCUT2D eigenvalue weighted by atomic mass is 10.1. The van der Waals surface area contributed by atoms with Crippen LogP contribution in [0, 0.1) is 0 Å². The van der Waals surface area contributed by atoms with Crippen LogP contribution in [0.15, 0.2) is 12.2 Å². The summed E-state index contributed by atoms with van der Waals surface area (Å²) in [5.74, 6) is -0.664. The number of hydrogen-bond donors (Lipinski definition) is 3. The maximum atomic E-state index is 10.3. The van der Waals surface area contributed by atoms with Gasteiger partial charge in [-0.05, 0) is 32.1 Å². The molecule has 0 aliphatic heterocycles. The van der Waals surface area contributed by atoms with Crippen molar-refractivity contribution in [2.24, 2.45) is 0 Å². The number of aliphatic hydroxyl groups is 2. The molecule has 3 N–H and O–H groups in total. The molecular formula is C22H46O5. The van der Waals surface area contributed by atoms with Crippen LogP contribution in [-0.2, 0) is 9.53 Å². The molecule has 0 fully saturated rings. The van der Waals surface area contributed by atoms with Gasteiger partial charge in [-0.25, -0.2) is 0 Å². The normalized spacial score (nSPS) is 10.1. The number of rotatable bonds is 16. The minimum Gasteiger partial charge on any atom is -0.481 e. The second-order valence-electron chi connectivity index (χ2n) is 6.58. The number of aliphatic carboxylic acids is 1. The van der Waals surface area contributed by atoms with Crippen LogP contribution < -0.4 is 0 Å². The van der Waals surface area contributed by atoms with Crippen LogP contribution in [0.2, 0.25) is 0 Å². The standard InChI is InChI=1S/C18H34O2.C2H6O2.C2H6O/c1-2-3-4-5-6-7-8-9-10-11-12-13-14-15-16-17-18(19)20;3-1-2-4;1-3-2/h9-10H,2-8,11-17H2,1H3,(H,19,20);3-4H,1-2H2;1-2H3/b10-9-;;. The van der Waals surface area contributed by atoms with Gasteiger partial charge in [0.25, 0.3) is 0 Å². The summed E-state index contributed by atoms with van der Waals surface area (Å²) in [7, 11) is 3.25. The Morgan fingerprint density at radius 2 is 1.11 bits per heavy atom. The second-order valence-corrected chi connectivity index (χ2v) is 6.58. The quantitative estimate of drug-likeness (QED) is 0.244. The van der Waals surface area contributed by atoms with Crippen molar-refractivity contribution in [1.29, 1.82) is 0 Å². The van der Waals surface area contributed by atoms with E-state index in [9.17, 15) is 4.79 Å². The molecular weight excluding hydrogens is 344 g/mol. The highest BCUT2D eigenvalue weighted by molar-refractivity contribution is 5.66. The molecule has 0 atom stereocenters. The van der Waals surface area contributed by atoms with Crippen molar-refractivity contribution in [3.63, 3.8) is 0 Å². The van der Waals surface area contributed by atoms with Crippen LogP contribution >= 0.6 is 0 Å². The van der Waals surface area contributed by atoms with Gasteiger partial charge in [0.15, 0.2) is 0 Å². The first-order valence-electron chi connectivity index (χ1n) is 10.6. The number of unbranched alkanes of at least 4 members (excludes halogenated alkanes) is 11. The number of methoxy groups -OCH3 is 1. The molecule has 0 spiro atoms.